The van der Waals surface area contributed by atoms with Crippen molar-refractivity contribution in [3.63, 3.8) is 0 Å². The van der Waals surface area contributed by atoms with Crippen LogP contribution in [-0.2, 0) is 9.59 Å². The number of aromatic hydroxyl groups is 1. The fourth-order valence-electron chi connectivity index (χ4n) is 3.91. The molecule has 1 unspecified atom stereocenters. The molecule has 7 nitrogen and oxygen atoms in total. The number of carbonyl (C=O) groups is 2. The Labute approximate surface area is 192 Å². The average molecular weight is 459 g/mol. The lowest BCUT2D eigenvalue weighted by atomic mass is 9.95. The minimum Gasteiger partial charge on any atom is -0.508 e. The molecule has 0 aliphatic carbocycles. The number of phenolic OH excluding ortho intramolecular Hbond substituents is 1. The number of aliphatic hydroxyl groups is 1. The van der Waals surface area contributed by atoms with Gasteiger partial charge in [0.15, 0.2) is 0 Å². The lowest BCUT2D eigenvalue weighted by Gasteiger charge is -2.28. The van der Waals surface area contributed by atoms with Gasteiger partial charge in [0.2, 0.25) is 0 Å². The molecule has 1 aliphatic rings. The number of phenols is 1. The molecule has 2 N–H and O–H groups in total. The second kappa shape index (κ2) is 10.1. The summed E-state index contributed by atoms with van der Waals surface area (Å²) in [6.07, 6.45) is 0. The monoisotopic (exact) mass is 458 g/mol. The van der Waals surface area contributed by atoms with E-state index in [0.29, 0.717) is 29.4 Å². The quantitative estimate of drug-likeness (QED) is 0.355. The van der Waals surface area contributed by atoms with Gasteiger partial charge in [0.1, 0.15) is 17.3 Å². The first-order chi connectivity index (χ1) is 15.3. The van der Waals surface area contributed by atoms with Crippen molar-refractivity contribution in [2.75, 3.05) is 33.3 Å². The Morgan fingerprint density at radius 3 is 2.38 bits per heavy atom. The van der Waals surface area contributed by atoms with Gasteiger partial charge in [0.05, 0.1) is 24.3 Å². The highest BCUT2D eigenvalue weighted by Gasteiger charge is 2.46. The maximum absolute atomic E-state index is 13.1. The Bertz CT molecular complexity index is 1030. The van der Waals surface area contributed by atoms with Crippen molar-refractivity contribution >= 4 is 29.1 Å². The Morgan fingerprint density at radius 2 is 1.78 bits per heavy atom. The van der Waals surface area contributed by atoms with Crippen LogP contribution in [0, 0.1) is 0 Å². The van der Waals surface area contributed by atoms with Crippen LogP contribution in [0.5, 0.6) is 11.5 Å². The van der Waals surface area contributed by atoms with E-state index in [1.807, 2.05) is 13.8 Å². The molecular weight excluding hydrogens is 432 g/mol. The number of ketones is 1. The number of likely N-dealkylation sites (N-methyl/N-ethyl adjacent to an activating group) is 1. The number of halogens is 1. The highest BCUT2D eigenvalue weighted by molar-refractivity contribution is 6.46. The zero-order valence-electron chi connectivity index (χ0n) is 18.3. The molecule has 2 aromatic carbocycles. The zero-order valence-corrected chi connectivity index (χ0v) is 19.1. The molecule has 1 heterocycles. The molecular formula is C24H27ClN2O5. The van der Waals surface area contributed by atoms with Crippen molar-refractivity contribution < 1.29 is 24.5 Å². The number of amides is 1. The third kappa shape index (κ3) is 4.59. The van der Waals surface area contributed by atoms with Crippen LogP contribution < -0.4 is 4.74 Å². The fraction of sp³-hybridized carbons (Fsp3) is 0.333. The molecule has 2 aromatic rings. The van der Waals surface area contributed by atoms with E-state index >= 15 is 0 Å². The molecule has 3 rings (SSSR count). The van der Waals surface area contributed by atoms with Gasteiger partial charge in [0.25, 0.3) is 11.7 Å². The highest BCUT2D eigenvalue weighted by Crippen LogP contribution is 2.41. The van der Waals surface area contributed by atoms with Gasteiger partial charge in [-0.3, -0.25) is 9.59 Å². The second-order valence-corrected chi connectivity index (χ2v) is 7.89. The fourth-order valence-corrected chi connectivity index (χ4v) is 4.09. The zero-order chi connectivity index (χ0) is 23.4. The number of benzene rings is 2. The van der Waals surface area contributed by atoms with Crippen molar-refractivity contribution in [1.29, 1.82) is 0 Å². The summed E-state index contributed by atoms with van der Waals surface area (Å²) < 4.78 is 5.33. The molecule has 0 bridgehead atoms. The molecule has 1 atom stereocenters. The molecule has 0 spiro atoms. The summed E-state index contributed by atoms with van der Waals surface area (Å²) in [5.41, 5.74) is 0.787. The normalized spacial score (nSPS) is 17.9. The SMILES string of the molecule is CCN(CC)CCN1C(=O)C(=O)/C(=C(/O)c2cc(Cl)ccc2OC)C1c1ccc(O)cc1. The summed E-state index contributed by atoms with van der Waals surface area (Å²) in [7, 11) is 1.44. The van der Waals surface area contributed by atoms with Gasteiger partial charge in [-0.25, -0.2) is 0 Å². The van der Waals surface area contributed by atoms with Gasteiger partial charge in [-0.2, -0.15) is 0 Å². The number of methoxy groups -OCH3 is 1. The topological polar surface area (TPSA) is 90.3 Å². The number of rotatable bonds is 8. The number of carbonyl (C=O) groups excluding carboxylic acids is 2. The molecule has 8 heteroatoms. The van der Waals surface area contributed by atoms with E-state index in [2.05, 4.69) is 4.90 Å². The minimum absolute atomic E-state index is 0.0409. The number of hydrogen-bond donors (Lipinski definition) is 2. The van der Waals surface area contributed by atoms with Crippen LogP contribution in [0.25, 0.3) is 5.76 Å². The van der Waals surface area contributed by atoms with E-state index in [-0.39, 0.29) is 22.6 Å². The molecule has 0 aromatic heterocycles. The number of nitrogens with zero attached hydrogens (tertiary/aromatic N) is 2. The third-order valence-corrected chi connectivity index (χ3v) is 5.95. The average Bonchev–Trinajstić information content (AvgIpc) is 3.04. The molecule has 32 heavy (non-hydrogen) atoms. The van der Waals surface area contributed by atoms with Crippen LogP contribution in [0.3, 0.4) is 0 Å². The van der Waals surface area contributed by atoms with Crippen LogP contribution in [0.1, 0.15) is 31.0 Å². The minimum atomic E-state index is -0.810. The summed E-state index contributed by atoms with van der Waals surface area (Å²) in [6.45, 7) is 6.56. The lowest BCUT2D eigenvalue weighted by Crippen LogP contribution is -2.38. The van der Waals surface area contributed by atoms with E-state index in [0.717, 1.165) is 13.1 Å². The van der Waals surface area contributed by atoms with Crippen LogP contribution >= 0.6 is 11.6 Å². The van der Waals surface area contributed by atoms with Crippen LogP contribution in [-0.4, -0.2) is 65.0 Å². The summed E-state index contributed by atoms with van der Waals surface area (Å²) in [4.78, 5) is 29.7. The van der Waals surface area contributed by atoms with Crippen molar-refractivity contribution in [2.45, 2.75) is 19.9 Å². The molecule has 1 amide bonds. The highest BCUT2D eigenvalue weighted by atomic mass is 35.5. The van der Waals surface area contributed by atoms with E-state index < -0.39 is 17.7 Å². The maximum Gasteiger partial charge on any atom is 0.295 e. The van der Waals surface area contributed by atoms with Gasteiger partial charge in [-0.05, 0) is 49.0 Å². The summed E-state index contributed by atoms with van der Waals surface area (Å²) in [6, 6.07) is 10.1. The summed E-state index contributed by atoms with van der Waals surface area (Å²) in [5, 5.41) is 21.3. The Hall–Kier alpha value is -3.03. The van der Waals surface area contributed by atoms with Crippen molar-refractivity contribution in [1.82, 2.24) is 9.80 Å². The van der Waals surface area contributed by atoms with Crippen LogP contribution in [0.4, 0.5) is 0 Å². The van der Waals surface area contributed by atoms with Crippen molar-refractivity contribution in [2.24, 2.45) is 0 Å². The first kappa shape index (κ1) is 23.6. The largest absolute Gasteiger partial charge is 0.508 e. The molecule has 1 aliphatic heterocycles. The van der Waals surface area contributed by atoms with Gasteiger partial charge < -0.3 is 24.7 Å². The maximum atomic E-state index is 13.1. The predicted octanol–water partition coefficient (Wildman–Crippen LogP) is 3.82. The number of hydrogen-bond acceptors (Lipinski definition) is 6. The summed E-state index contributed by atoms with van der Waals surface area (Å²) in [5.74, 6) is -1.43. The number of Topliss-reactive ketones (excluding diaryl/α,β-unsaturated/α-hetero) is 1. The molecule has 1 saturated heterocycles. The Kier molecular flexibility index (Phi) is 7.43. The third-order valence-electron chi connectivity index (χ3n) is 5.72. The van der Waals surface area contributed by atoms with E-state index in [9.17, 15) is 19.8 Å². The van der Waals surface area contributed by atoms with Gasteiger partial charge in [-0.15, -0.1) is 0 Å². The van der Waals surface area contributed by atoms with Crippen LogP contribution in [0.15, 0.2) is 48.0 Å². The standard InChI is InChI=1S/C24H27ClN2O5/c1-4-26(5-2)12-13-27-21(15-6-9-17(28)10-7-15)20(23(30)24(27)31)22(29)18-14-16(25)8-11-19(18)32-3/h6-11,14,21,28-29H,4-5,12-13H2,1-3H3/b22-20+. The Morgan fingerprint density at radius 1 is 1.12 bits per heavy atom. The molecule has 0 radical (unpaired) electrons. The molecule has 170 valence electrons. The Balaban J connectivity index is 2.15. The first-order valence-electron chi connectivity index (χ1n) is 10.5. The van der Waals surface area contributed by atoms with Gasteiger partial charge in [-0.1, -0.05) is 37.6 Å². The molecule has 1 fully saturated rings. The second-order valence-electron chi connectivity index (χ2n) is 7.46. The first-order valence-corrected chi connectivity index (χ1v) is 10.8. The van der Waals surface area contributed by atoms with Crippen molar-refractivity contribution in [3.05, 3.63) is 64.2 Å². The lowest BCUT2D eigenvalue weighted by molar-refractivity contribution is -0.140. The summed E-state index contributed by atoms with van der Waals surface area (Å²) >= 11 is 6.12. The predicted molar refractivity (Wildman–Crippen MR) is 123 cm³/mol. The number of likely N-dealkylation sites (tertiary alicyclic amines) is 1. The smallest absolute Gasteiger partial charge is 0.295 e. The van der Waals surface area contributed by atoms with E-state index in [1.54, 1.807) is 24.3 Å². The van der Waals surface area contributed by atoms with Crippen LogP contribution in [0.2, 0.25) is 5.02 Å². The van der Waals surface area contributed by atoms with E-state index in [1.165, 1.54) is 30.2 Å². The number of aliphatic hydroxyl groups excluding tert-OH is 1. The van der Waals surface area contributed by atoms with Crippen molar-refractivity contribution in [3.8, 4) is 11.5 Å². The molecule has 0 saturated carbocycles. The van der Waals surface area contributed by atoms with Gasteiger partial charge >= 0.3 is 0 Å². The van der Waals surface area contributed by atoms with E-state index in [4.69, 9.17) is 16.3 Å². The number of ether oxygens (including phenoxy) is 1. The van der Waals surface area contributed by atoms with Gasteiger partial charge in [0, 0.05) is 18.1 Å².